The van der Waals surface area contributed by atoms with Crippen molar-refractivity contribution < 1.29 is 9.18 Å². The number of carbonyl (C=O) groups excluding carboxylic acids is 1. The van der Waals surface area contributed by atoms with Crippen LogP contribution in [0.3, 0.4) is 0 Å². The Balaban J connectivity index is 2.25. The summed E-state index contributed by atoms with van der Waals surface area (Å²) in [5.74, 6) is -1.34. The van der Waals surface area contributed by atoms with E-state index in [-0.39, 0.29) is 20.6 Å². The maximum atomic E-state index is 13.7. The van der Waals surface area contributed by atoms with E-state index < -0.39 is 11.7 Å². The second-order valence-electron chi connectivity index (χ2n) is 4.14. The fourth-order valence-electron chi connectivity index (χ4n) is 1.63. The minimum Gasteiger partial charge on any atom is -0.389 e. The summed E-state index contributed by atoms with van der Waals surface area (Å²) in [5.41, 5.74) is 6.26. The van der Waals surface area contributed by atoms with E-state index in [2.05, 4.69) is 5.32 Å². The van der Waals surface area contributed by atoms with Gasteiger partial charge in [0.1, 0.15) is 10.8 Å². The fraction of sp³-hybridized carbons (Fsp3) is 0. The second kappa shape index (κ2) is 6.39. The smallest absolute Gasteiger partial charge is 0.258 e. The van der Waals surface area contributed by atoms with Crippen LogP contribution in [-0.4, -0.2) is 10.9 Å². The third-order valence-corrected chi connectivity index (χ3v) is 3.46. The summed E-state index contributed by atoms with van der Waals surface area (Å²) in [5, 5.41) is 2.98. The Hall–Kier alpha value is -1.69. The van der Waals surface area contributed by atoms with Gasteiger partial charge in [0, 0.05) is 10.6 Å². The molecule has 0 unspecified atom stereocenters. The summed E-state index contributed by atoms with van der Waals surface area (Å²) < 4.78 is 13.7. The minimum absolute atomic E-state index is 0.131. The van der Waals surface area contributed by atoms with Crippen molar-refractivity contribution in [1.29, 1.82) is 0 Å². The van der Waals surface area contributed by atoms with Crippen LogP contribution >= 0.6 is 35.4 Å². The Morgan fingerprint density at radius 2 is 1.90 bits per heavy atom. The molecule has 0 aliphatic heterocycles. The minimum atomic E-state index is -0.712. The lowest BCUT2D eigenvalue weighted by Gasteiger charge is -2.09. The zero-order valence-corrected chi connectivity index (χ0v) is 12.8. The number of benzene rings is 2. The van der Waals surface area contributed by atoms with Crippen LogP contribution in [-0.2, 0) is 0 Å². The molecule has 0 saturated heterocycles. The highest BCUT2D eigenvalue weighted by Crippen LogP contribution is 2.24. The van der Waals surface area contributed by atoms with Crippen LogP contribution in [0, 0.1) is 5.82 Å². The van der Waals surface area contributed by atoms with E-state index in [0.717, 1.165) is 6.07 Å². The molecule has 0 aliphatic rings. The van der Waals surface area contributed by atoms with Crippen molar-refractivity contribution in [3.8, 4) is 0 Å². The summed E-state index contributed by atoms with van der Waals surface area (Å²) >= 11 is 16.5. The first-order chi connectivity index (χ1) is 9.88. The van der Waals surface area contributed by atoms with Crippen molar-refractivity contribution in [3.63, 3.8) is 0 Å². The zero-order valence-electron chi connectivity index (χ0n) is 10.5. The highest BCUT2D eigenvalue weighted by molar-refractivity contribution is 7.80. The summed E-state index contributed by atoms with van der Waals surface area (Å²) in [6.07, 6.45) is 0. The summed E-state index contributed by atoms with van der Waals surface area (Å²) in [4.78, 5) is 12.2. The van der Waals surface area contributed by atoms with Gasteiger partial charge in [-0.2, -0.15) is 0 Å². The average molecular weight is 343 g/mol. The quantitative estimate of drug-likeness (QED) is 0.828. The number of nitrogens with one attached hydrogen (secondary N) is 1. The molecule has 2 aromatic rings. The van der Waals surface area contributed by atoms with Crippen LogP contribution in [0.2, 0.25) is 10.0 Å². The van der Waals surface area contributed by atoms with Gasteiger partial charge in [0.25, 0.3) is 5.91 Å². The van der Waals surface area contributed by atoms with Gasteiger partial charge < -0.3 is 11.1 Å². The van der Waals surface area contributed by atoms with Gasteiger partial charge in [-0.15, -0.1) is 0 Å². The highest BCUT2D eigenvalue weighted by atomic mass is 35.5. The summed E-state index contributed by atoms with van der Waals surface area (Å²) in [6.45, 7) is 0. The van der Waals surface area contributed by atoms with E-state index in [1.807, 2.05) is 0 Å². The number of hydrogen-bond donors (Lipinski definition) is 2. The monoisotopic (exact) mass is 342 g/mol. The number of carbonyl (C=O) groups is 1. The third kappa shape index (κ3) is 3.69. The first kappa shape index (κ1) is 15.7. The Morgan fingerprint density at radius 1 is 1.19 bits per heavy atom. The van der Waals surface area contributed by atoms with Gasteiger partial charge in [0.2, 0.25) is 0 Å². The van der Waals surface area contributed by atoms with E-state index in [1.54, 1.807) is 12.1 Å². The predicted molar refractivity (Wildman–Crippen MR) is 86.7 cm³/mol. The largest absolute Gasteiger partial charge is 0.389 e. The topological polar surface area (TPSA) is 55.1 Å². The first-order valence-electron chi connectivity index (χ1n) is 5.74. The molecule has 1 amide bonds. The molecule has 0 radical (unpaired) electrons. The van der Waals surface area contributed by atoms with Gasteiger partial charge in [-0.05, 0) is 36.4 Å². The number of halogens is 3. The van der Waals surface area contributed by atoms with E-state index in [9.17, 15) is 9.18 Å². The molecular formula is C14H9Cl2FN2OS. The van der Waals surface area contributed by atoms with Crippen molar-refractivity contribution in [3.05, 3.63) is 63.4 Å². The van der Waals surface area contributed by atoms with Crippen LogP contribution < -0.4 is 11.1 Å². The van der Waals surface area contributed by atoms with Crippen LogP contribution in [0.4, 0.5) is 10.1 Å². The highest BCUT2D eigenvalue weighted by Gasteiger charge is 2.14. The summed E-state index contributed by atoms with van der Waals surface area (Å²) in [6, 6.07) is 8.47. The molecule has 0 heterocycles. The second-order valence-corrected chi connectivity index (χ2v) is 5.42. The number of anilines is 1. The Kier molecular flexibility index (Phi) is 4.77. The molecule has 3 nitrogen and oxygen atoms in total. The van der Waals surface area contributed by atoms with Gasteiger partial charge >= 0.3 is 0 Å². The van der Waals surface area contributed by atoms with E-state index in [1.165, 1.54) is 18.2 Å². The van der Waals surface area contributed by atoms with Gasteiger partial charge in [-0.1, -0.05) is 35.4 Å². The molecule has 0 spiro atoms. The molecule has 0 aliphatic carbocycles. The van der Waals surface area contributed by atoms with Crippen molar-refractivity contribution in [1.82, 2.24) is 0 Å². The molecule has 108 valence electrons. The molecular weight excluding hydrogens is 334 g/mol. The van der Waals surface area contributed by atoms with Crippen LogP contribution in [0.15, 0.2) is 36.4 Å². The molecule has 7 heteroatoms. The molecule has 0 aromatic heterocycles. The van der Waals surface area contributed by atoms with E-state index >= 15 is 0 Å². The van der Waals surface area contributed by atoms with Gasteiger partial charge in [0.05, 0.1) is 16.3 Å². The van der Waals surface area contributed by atoms with Crippen molar-refractivity contribution >= 4 is 52.0 Å². The molecule has 0 fully saturated rings. The van der Waals surface area contributed by atoms with Crippen LogP contribution in [0.5, 0.6) is 0 Å². The maximum absolute atomic E-state index is 13.7. The normalized spacial score (nSPS) is 10.2. The summed E-state index contributed by atoms with van der Waals surface area (Å²) in [7, 11) is 0. The SMILES string of the molecule is NC(=S)c1ccc(NC(=O)c2ccc(Cl)cc2F)c(Cl)c1. The molecule has 3 N–H and O–H groups in total. The average Bonchev–Trinajstić information content (AvgIpc) is 2.40. The van der Waals surface area contributed by atoms with Crippen molar-refractivity contribution in [2.75, 3.05) is 5.32 Å². The molecule has 2 aromatic carbocycles. The number of thiocarbonyl (C=S) groups is 1. The fourth-order valence-corrected chi connectivity index (χ4v) is 2.15. The number of nitrogens with two attached hydrogens (primary N) is 1. The van der Waals surface area contributed by atoms with Gasteiger partial charge in [-0.25, -0.2) is 4.39 Å². The van der Waals surface area contributed by atoms with Crippen molar-refractivity contribution in [2.24, 2.45) is 5.73 Å². The Bertz CT molecular complexity index is 737. The standard InChI is InChI=1S/C14H9Cl2FN2OS/c15-8-2-3-9(11(17)6-8)14(20)19-12-4-1-7(13(18)21)5-10(12)16/h1-6H,(H2,18,21)(H,19,20). The van der Waals surface area contributed by atoms with Crippen LogP contribution in [0.25, 0.3) is 0 Å². The molecule has 0 bridgehead atoms. The molecule has 0 saturated carbocycles. The van der Waals surface area contributed by atoms with Crippen LogP contribution in [0.1, 0.15) is 15.9 Å². The van der Waals surface area contributed by atoms with E-state index in [0.29, 0.717) is 11.3 Å². The first-order valence-corrected chi connectivity index (χ1v) is 6.90. The molecule has 21 heavy (non-hydrogen) atoms. The lowest BCUT2D eigenvalue weighted by Crippen LogP contribution is -2.15. The Labute approximate surface area is 135 Å². The molecule has 0 atom stereocenters. The lowest BCUT2D eigenvalue weighted by molar-refractivity contribution is 0.102. The number of hydrogen-bond acceptors (Lipinski definition) is 2. The Morgan fingerprint density at radius 3 is 2.48 bits per heavy atom. The number of rotatable bonds is 3. The van der Waals surface area contributed by atoms with Crippen molar-refractivity contribution in [2.45, 2.75) is 0 Å². The number of amides is 1. The van der Waals surface area contributed by atoms with E-state index in [4.69, 9.17) is 41.2 Å². The predicted octanol–water partition coefficient (Wildman–Crippen LogP) is 4.02. The van der Waals surface area contributed by atoms with Gasteiger partial charge in [-0.3, -0.25) is 4.79 Å². The molecule has 2 rings (SSSR count). The zero-order chi connectivity index (χ0) is 15.6. The maximum Gasteiger partial charge on any atom is 0.258 e. The van der Waals surface area contributed by atoms with Gasteiger partial charge in [0.15, 0.2) is 0 Å². The third-order valence-electron chi connectivity index (χ3n) is 2.68. The lowest BCUT2D eigenvalue weighted by atomic mass is 10.1.